The number of rotatable bonds is 6. The third-order valence-electron chi connectivity index (χ3n) is 18.4. The zero-order valence-corrected chi connectivity index (χ0v) is 46.9. The summed E-state index contributed by atoms with van der Waals surface area (Å²) in [7, 11) is 0. The molecule has 0 aliphatic carbocycles. The molecule has 6 aromatic heterocycles. The Hall–Kier alpha value is -12.4. The van der Waals surface area contributed by atoms with Gasteiger partial charge in [0, 0.05) is 53.9 Å². The van der Waals surface area contributed by atoms with Crippen LogP contribution in [-0.2, 0) is 0 Å². The zero-order valence-electron chi connectivity index (χ0n) is 46.9. The van der Waals surface area contributed by atoms with Crippen molar-refractivity contribution in [3.8, 4) is 51.1 Å². The first-order valence-electron chi connectivity index (χ1n) is 29.5. The number of benzene rings is 13. The first-order chi connectivity index (χ1) is 43.6. The molecule has 6 heterocycles. The number of nitriles is 1. The van der Waals surface area contributed by atoms with Gasteiger partial charge in [0.05, 0.1) is 95.9 Å². The van der Waals surface area contributed by atoms with Crippen molar-refractivity contribution in [1.82, 2.24) is 18.3 Å². The molecule has 0 radical (unpaired) electrons. The summed E-state index contributed by atoms with van der Waals surface area (Å²) in [5.74, 6) is 0. The average Bonchev–Trinajstić information content (AvgIpc) is 1.48. The molecule has 0 spiro atoms. The first-order valence-corrected chi connectivity index (χ1v) is 29.5. The summed E-state index contributed by atoms with van der Waals surface area (Å²) < 4.78 is 23.0. The van der Waals surface area contributed by atoms with Crippen LogP contribution in [0.25, 0.3) is 181 Å². The van der Waals surface area contributed by atoms with Crippen LogP contribution in [0.5, 0.6) is 0 Å². The summed E-state index contributed by atoms with van der Waals surface area (Å²) in [6.45, 7) is 9.96. The number of aromatic nitrogens is 4. The summed E-state index contributed by atoms with van der Waals surface area (Å²) in [4.78, 5) is 4.78. The Balaban J connectivity index is 1.13. The summed E-state index contributed by atoms with van der Waals surface area (Å²) in [5.41, 5.74) is 17.4. The summed E-state index contributed by atoms with van der Waals surface area (Å²) in [5, 5.41) is 24.6. The van der Waals surface area contributed by atoms with Gasteiger partial charge >= 0.3 is 0 Å². The Kier molecular flexibility index (Phi) is 9.87. The Morgan fingerprint density at radius 1 is 0.295 bits per heavy atom. The van der Waals surface area contributed by atoms with Crippen molar-refractivity contribution in [2.45, 2.75) is 0 Å². The molecular formula is C80H44N6O2. The molecule has 19 rings (SSSR count). The molecule has 8 heteroatoms. The number of hydrogen-bond donors (Lipinski definition) is 0. The zero-order chi connectivity index (χ0) is 57.9. The number of fused-ring (bicyclic) bond motifs is 20. The van der Waals surface area contributed by atoms with Gasteiger partial charge in [-0.25, -0.2) is 4.85 Å². The van der Waals surface area contributed by atoms with Crippen LogP contribution in [0.15, 0.2) is 276 Å². The molecule has 0 fully saturated rings. The molecule has 0 aliphatic heterocycles. The topological polar surface area (TPSA) is 74.2 Å². The molecule has 0 N–H and O–H groups in total. The normalized spacial score (nSPS) is 12.1. The van der Waals surface area contributed by atoms with Gasteiger partial charge in [0.2, 0.25) is 5.69 Å². The van der Waals surface area contributed by atoms with Crippen LogP contribution in [0.3, 0.4) is 0 Å². The van der Waals surface area contributed by atoms with Crippen molar-refractivity contribution in [3.05, 3.63) is 284 Å². The van der Waals surface area contributed by atoms with Crippen LogP contribution in [-0.4, -0.2) is 18.3 Å². The van der Waals surface area contributed by atoms with E-state index in [9.17, 15) is 11.8 Å². The van der Waals surface area contributed by atoms with E-state index < -0.39 is 0 Å². The highest BCUT2D eigenvalue weighted by Crippen LogP contribution is 2.54. The highest BCUT2D eigenvalue weighted by molar-refractivity contribution is 6.27. The van der Waals surface area contributed by atoms with Gasteiger partial charge in [0.1, 0.15) is 22.3 Å². The quantitative estimate of drug-likeness (QED) is 0.156. The minimum Gasteiger partial charge on any atom is -0.456 e. The summed E-state index contributed by atoms with van der Waals surface area (Å²) in [6.07, 6.45) is 0. The fourth-order valence-corrected chi connectivity index (χ4v) is 14.8. The number of hydrogen-bond acceptors (Lipinski definition) is 3. The van der Waals surface area contributed by atoms with E-state index in [1.807, 2.05) is 24.3 Å². The SMILES string of the molecule is [C-]#[N+]c1c(C#N)c(-n2c3ccccc3c3ccc4oc5ccccc5c4c32)c(-n2c3ccccc3c3cc(-c4ccccc4)ccc32)c(-n2c3ccccc3c3cc(-c4ccccc4)ccc32)c1-n1c2ccccc2c2ccc3oc4ccccc4c3c21. The second-order valence-corrected chi connectivity index (χ2v) is 22.8. The largest absolute Gasteiger partial charge is 0.456 e. The van der Waals surface area contributed by atoms with Crippen LogP contribution < -0.4 is 0 Å². The monoisotopic (exact) mass is 1120 g/mol. The smallest absolute Gasteiger partial charge is 0.232 e. The third kappa shape index (κ3) is 6.44. The van der Waals surface area contributed by atoms with E-state index in [2.05, 4.69) is 267 Å². The van der Waals surface area contributed by atoms with E-state index in [0.717, 1.165) is 142 Å². The molecule has 19 aromatic rings. The van der Waals surface area contributed by atoms with Crippen molar-refractivity contribution < 1.29 is 8.83 Å². The predicted octanol–water partition coefficient (Wildman–Crippen LogP) is 21.6. The maximum atomic E-state index is 12.8. The van der Waals surface area contributed by atoms with Crippen molar-refractivity contribution >= 4 is 137 Å². The lowest BCUT2D eigenvalue weighted by atomic mass is 10.0. The second kappa shape index (κ2) is 18.1. The lowest BCUT2D eigenvalue weighted by Crippen LogP contribution is -2.15. The fraction of sp³-hybridized carbons (Fsp3) is 0. The van der Waals surface area contributed by atoms with E-state index >= 15 is 0 Å². The van der Waals surface area contributed by atoms with E-state index in [-0.39, 0.29) is 11.3 Å². The van der Waals surface area contributed by atoms with E-state index in [4.69, 9.17) is 13.7 Å². The van der Waals surface area contributed by atoms with Crippen molar-refractivity contribution in [1.29, 1.82) is 5.26 Å². The van der Waals surface area contributed by atoms with Crippen LogP contribution in [0.2, 0.25) is 0 Å². The molecule has 0 aliphatic rings. The molecular weight excluding hydrogens is 1080 g/mol. The highest BCUT2D eigenvalue weighted by atomic mass is 16.3. The van der Waals surface area contributed by atoms with Gasteiger partial charge in [-0.15, -0.1) is 0 Å². The van der Waals surface area contributed by atoms with Crippen LogP contribution in [0.1, 0.15) is 5.56 Å². The minimum atomic E-state index is 0.192. The van der Waals surface area contributed by atoms with E-state index in [1.54, 1.807) is 0 Å². The van der Waals surface area contributed by atoms with Gasteiger partial charge in [-0.3, -0.25) is 0 Å². The maximum Gasteiger partial charge on any atom is 0.232 e. The van der Waals surface area contributed by atoms with Crippen molar-refractivity contribution in [2.75, 3.05) is 0 Å². The van der Waals surface area contributed by atoms with Crippen molar-refractivity contribution in [2.24, 2.45) is 0 Å². The van der Waals surface area contributed by atoms with E-state index in [1.165, 1.54) is 0 Å². The minimum absolute atomic E-state index is 0.192. The van der Waals surface area contributed by atoms with Crippen LogP contribution in [0.4, 0.5) is 5.69 Å². The standard InChI is InChI=1S/C80H44N6O2/c1-82-74-61(46-81)77(85-64-32-16-8-24-51(64)55-38-42-70-72(75(55)85)57-28-12-18-34-68(57)87-70)79(83-62-30-14-10-26-53(62)59-44-49(36-40-66(59)83)47-20-4-2-5-21-47)80(84-63-31-15-11-27-54(63)60-45-50(37-41-67(60)84)48-22-6-3-7-23-48)78(74)86-65-33-17-9-25-52(65)56-39-43-71-73(76(56)86)58-29-13-19-35-69(58)88-71/h2-45H. The highest BCUT2D eigenvalue weighted by Gasteiger charge is 2.36. The molecule has 0 saturated carbocycles. The molecule has 0 bridgehead atoms. The lowest BCUT2D eigenvalue weighted by Gasteiger charge is -2.28. The van der Waals surface area contributed by atoms with Crippen molar-refractivity contribution in [3.63, 3.8) is 0 Å². The van der Waals surface area contributed by atoms with Gasteiger partial charge in [0.25, 0.3) is 0 Å². The van der Waals surface area contributed by atoms with Gasteiger partial charge < -0.3 is 27.1 Å². The Morgan fingerprint density at radius 3 is 1.10 bits per heavy atom. The number of furan rings is 2. The van der Waals surface area contributed by atoms with Gasteiger partial charge in [-0.1, -0.05) is 182 Å². The molecule has 0 amide bonds. The fourth-order valence-electron chi connectivity index (χ4n) is 14.8. The molecule has 88 heavy (non-hydrogen) atoms. The molecule has 0 atom stereocenters. The van der Waals surface area contributed by atoms with Crippen LogP contribution >= 0.6 is 0 Å². The molecule has 8 nitrogen and oxygen atoms in total. The summed E-state index contributed by atoms with van der Waals surface area (Å²) in [6, 6.07) is 96.5. The molecule has 0 unspecified atom stereocenters. The average molecular weight is 1120 g/mol. The van der Waals surface area contributed by atoms with Crippen LogP contribution in [0, 0.1) is 17.9 Å². The van der Waals surface area contributed by atoms with Gasteiger partial charge in [-0.05, 0) is 107 Å². The number of nitrogens with zero attached hydrogens (tertiary/aromatic N) is 6. The molecule has 0 saturated heterocycles. The Morgan fingerprint density at radius 2 is 0.659 bits per heavy atom. The lowest BCUT2D eigenvalue weighted by molar-refractivity contribution is 0.669. The molecule has 13 aromatic carbocycles. The van der Waals surface area contributed by atoms with E-state index in [0.29, 0.717) is 33.9 Å². The van der Waals surface area contributed by atoms with Gasteiger partial charge in [0.15, 0.2) is 0 Å². The maximum absolute atomic E-state index is 12.8. The number of para-hydroxylation sites is 6. The summed E-state index contributed by atoms with van der Waals surface area (Å²) >= 11 is 0. The Labute approximate surface area is 501 Å². The molecule has 406 valence electrons. The Bertz CT molecular complexity index is 5940. The van der Waals surface area contributed by atoms with Gasteiger partial charge in [-0.2, -0.15) is 5.26 Å². The third-order valence-corrected chi connectivity index (χ3v) is 18.4. The first kappa shape index (κ1) is 48.1. The second-order valence-electron chi connectivity index (χ2n) is 22.8. The predicted molar refractivity (Wildman–Crippen MR) is 360 cm³/mol.